The van der Waals surface area contributed by atoms with Crippen molar-refractivity contribution >= 4 is 11.7 Å². The zero-order valence-electron chi connectivity index (χ0n) is 10.9. The van der Waals surface area contributed by atoms with Crippen LogP contribution in [-0.4, -0.2) is 30.1 Å². The Balaban J connectivity index is 1.92. The normalized spacial score (nSPS) is 15.7. The van der Waals surface area contributed by atoms with E-state index in [1.54, 1.807) is 4.90 Å². The molecule has 1 heterocycles. The number of nitrogens with one attached hydrogen (secondary N) is 1. The summed E-state index contributed by atoms with van der Waals surface area (Å²) in [6.45, 7) is 3.21. The molecule has 19 heavy (non-hydrogen) atoms. The molecule has 6 nitrogen and oxygen atoms in total. The summed E-state index contributed by atoms with van der Waals surface area (Å²) in [5, 5.41) is 6.61. The van der Waals surface area contributed by atoms with Crippen LogP contribution in [0.3, 0.4) is 0 Å². The molecule has 1 N–H and O–H groups in total. The number of nitrogens with zero attached hydrogens (tertiary/aromatic N) is 4. The maximum atomic E-state index is 12.1. The number of azide groups is 1. The molecule has 0 radical (unpaired) electrons. The molecule has 1 aliphatic heterocycles. The number of aryl methyl sites for hydroxylation is 1. The van der Waals surface area contributed by atoms with Crippen LogP contribution in [0.2, 0.25) is 0 Å². The van der Waals surface area contributed by atoms with Crippen molar-refractivity contribution in [3.05, 3.63) is 40.3 Å². The highest BCUT2D eigenvalue weighted by molar-refractivity contribution is 5.90. The number of carbonyl (C=O) groups excluding carboxylic acids is 1. The molecule has 1 fully saturated rings. The van der Waals surface area contributed by atoms with Gasteiger partial charge in [0.15, 0.2) is 0 Å². The summed E-state index contributed by atoms with van der Waals surface area (Å²) in [5.41, 5.74) is 10.3. The fraction of sp³-hybridized carbons (Fsp3) is 0.462. The molecule has 0 bridgehead atoms. The van der Waals surface area contributed by atoms with Crippen molar-refractivity contribution in [1.82, 2.24) is 4.90 Å². The highest BCUT2D eigenvalue weighted by Gasteiger charge is 2.22. The van der Waals surface area contributed by atoms with Crippen LogP contribution in [0.25, 0.3) is 10.4 Å². The zero-order valence-corrected chi connectivity index (χ0v) is 10.9. The number of rotatable bonds is 2. The molecule has 0 aromatic heterocycles. The number of para-hydroxylation sites is 1. The molecule has 6 heteroatoms. The third-order valence-electron chi connectivity index (χ3n) is 3.35. The SMILES string of the molecule is Cc1ccccc1NC(=O)N1CCC(N=[N+]=[N-])CC1. The summed E-state index contributed by atoms with van der Waals surface area (Å²) in [6.07, 6.45) is 1.45. The minimum absolute atomic E-state index is 0.0208. The number of urea groups is 1. The smallest absolute Gasteiger partial charge is 0.321 e. The molecule has 0 atom stereocenters. The van der Waals surface area contributed by atoms with Crippen molar-refractivity contribution in [3.8, 4) is 0 Å². The Morgan fingerprint density at radius 3 is 2.74 bits per heavy atom. The topological polar surface area (TPSA) is 81.1 Å². The van der Waals surface area contributed by atoms with Crippen LogP contribution in [0, 0.1) is 6.92 Å². The van der Waals surface area contributed by atoms with Crippen molar-refractivity contribution in [2.24, 2.45) is 5.11 Å². The predicted molar refractivity (Wildman–Crippen MR) is 73.9 cm³/mol. The highest BCUT2D eigenvalue weighted by atomic mass is 16.2. The first-order valence-electron chi connectivity index (χ1n) is 6.36. The minimum Gasteiger partial charge on any atom is -0.325 e. The maximum absolute atomic E-state index is 12.1. The second kappa shape index (κ2) is 6.11. The lowest BCUT2D eigenvalue weighted by atomic mass is 10.1. The van der Waals surface area contributed by atoms with Crippen molar-refractivity contribution < 1.29 is 4.79 Å². The van der Waals surface area contributed by atoms with Gasteiger partial charge in [0.05, 0.1) is 0 Å². The van der Waals surface area contributed by atoms with E-state index >= 15 is 0 Å². The van der Waals surface area contributed by atoms with E-state index < -0.39 is 0 Å². The second-order valence-corrected chi connectivity index (χ2v) is 4.67. The first-order chi connectivity index (χ1) is 9.20. The molecule has 0 aliphatic carbocycles. The van der Waals surface area contributed by atoms with Gasteiger partial charge in [-0.25, -0.2) is 4.79 Å². The molecular weight excluding hydrogens is 242 g/mol. The van der Waals surface area contributed by atoms with E-state index in [2.05, 4.69) is 15.3 Å². The van der Waals surface area contributed by atoms with E-state index in [0.717, 1.165) is 24.1 Å². The molecule has 1 aliphatic rings. The molecule has 1 aromatic rings. The van der Waals surface area contributed by atoms with E-state index in [1.165, 1.54) is 0 Å². The average molecular weight is 259 g/mol. The Labute approximate surface area is 112 Å². The standard InChI is InChI=1S/C13H17N5O/c1-10-4-2-3-5-12(10)15-13(19)18-8-6-11(7-9-18)16-17-14/h2-5,11H,6-9H2,1H3,(H,15,19). The van der Waals surface area contributed by atoms with Gasteiger partial charge < -0.3 is 10.2 Å². The van der Waals surface area contributed by atoms with Gasteiger partial charge >= 0.3 is 6.03 Å². The van der Waals surface area contributed by atoms with E-state index in [4.69, 9.17) is 5.53 Å². The quantitative estimate of drug-likeness (QED) is 0.493. The van der Waals surface area contributed by atoms with Crippen molar-refractivity contribution in [2.45, 2.75) is 25.8 Å². The number of amides is 2. The van der Waals surface area contributed by atoms with Gasteiger partial charge in [-0.3, -0.25) is 0 Å². The Morgan fingerprint density at radius 2 is 2.11 bits per heavy atom. The zero-order chi connectivity index (χ0) is 13.7. The number of hydrogen-bond acceptors (Lipinski definition) is 2. The highest BCUT2D eigenvalue weighted by Crippen LogP contribution is 2.17. The van der Waals surface area contributed by atoms with Gasteiger partial charge in [0.1, 0.15) is 0 Å². The lowest BCUT2D eigenvalue weighted by molar-refractivity contribution is 0.195. The number of likely N-dealkylation sites (tertiary alicyclic amines) is 1. The number of hydrogen-bond donors (Lipinski definition) is 1. The van der Waals surface area contributed by atoms with Gasteiger partial charge in [-0.2, -0.15) is 0 Å². The summed E-state index contributed by atoms with van der Waals surface area (Å²) in [4.78, 5) is 16.7. The maximum Gasteiger partial charge on any atom is 0.321 e. The van der Waals surface area contributed by atoms with Gasteiger partial charge in [-0.15, -0.1) is 0 Å². The third-order valence-corrected chi connectivity index (χ3v) is 3.35. The Bertz CT molecular complexity index is 502. The summed E-state index contributed by atoms with van der Waals surface area (Å²) in [5.74, 6) is 0. The minimum atomic E-state index is -0.0892. The molecule has 100 valence electrons. The summed E-state index contributed by atoms with van der Waals surface area (Å²) in [6, 6.07) is 7.62. The fourth-order valence-electron chi connectivity index (χ4n) is 2.16. The largest absolute Gasteiger partial charge is 0.325 e. The van der Waals surface area contributed by atoms with Crippen molar-refractivity contribution in [1.29, 1.82) is 0 Å². The van der Waals surface area contributed by atoms with Gasteiger partial charge in [-0.1, -0.05) is 23.3 Å². The Kier molecular flexibility index (Phi) is 4.26. The van der Waals surface area contributed by atoms with Crippen LogP contribution in [-0.2, 0) is 0 Å². The summed E-state index contributed by atoms with van der Waals surface area (Å²) in [7, 11) is 0. The summed E-state index contributed by atoms with van der Waals surface area (Å²) >= 11 is 0. The number of carbonyl (C=O) groups is 1. The van der Waals surface area contributed by atoms with E-state index in [1.807, 2.05) is 31.2 Å². The number of benzene rings is 1. The Hall–Kier alpha value is -2.20. The molecule has 0 spiro atoms. The van der Waals surface area contributed by atoms with Gasteiger partial charge in [-0.05, 0) is 36.9 Å². The van der Waals surface area contributed by atoms with E-state index in [-0.39, 0.29) is 12.1 Å². The molecule has 1 saturated heterocycles. The van der Waals surface area contributed by atoms with Crippen molar-refractivity contribution in [2.75, 3.05) is 18.4 Å². The predicted octanol–water partition coefficient (Wildman–Crippen LogP) is 3.30. The van der Waals surface area contributed by atoms with Crippen LogP contribution < -0.4 is 5.32 Å². The van der Waals surface area contributed by atoms with Crippen LogP contribution in [0.4, 0.5) is 10.5 Å². The van der Waals surface area contributed by atoms with Crippen LogP contribution in [0.1, 0.15) is 18.4 Å². The van der Waals surface area contributed by atoms with Crippen LogP contribution in [0.15, 0.2) is 29.4 Å². The third kappa shape index (κ3) is 3.39. The lowest BCUT2D eigenvalue weighted by Crippen LogP contribution is -2.42. The number of piperidine rings is 1. The van der Waals surface area contributed by atoms with Crippen LogP contribution >= 0.6 is 0 Å². The Morgan fingerprint density at radius 1 is 1.42 bits per heavy atom. The first-order valence-corrected chi connectivity index (χ1v) is 6.36. The fourth-order valence-corrected chi connectivity index (χ4v) is 2.16. The van der Waals surface area contributed by atoms with Gasteiger partial charge in [0.2, 0.25) is 0 Å². The summed E-state index contributed by atoms with van der Waals surface area (Å²) < 4.78 is 0. The van der Waals surface area contributed by atoms with E-state index in [0.29, 0.717) is 13.1 Å². The molecule has 0 unspecified atom stereocenters. The molecular formula is C13H17N5O. The molecule has 1 aromatic carbocycles. The van der Waals surface area contributed by atoms with E-state index in [9.17, 15) is 4.79 Å². The molecule has 2 amide bonds. The van der Waals surface area contributed by atoms with Crippen LogP contribution in [0.5, 0.6) is 0 Å². The second-order valence-electron chi connectivity index (χ2n) is 4.67. The lowest BCUT2D eigenvalue weighted by Gasteiger charge is -2.30. The molecule has 0 saturated carbocycles. The monoisotopic (exact) mass is 259 g/mol. The molecule has 2 rings (SSSR count). The first kappa shape index (κ1) is 13.2. The van der Waals surface area contributed by atoms with Gasteiger partial charge in [0.25, 0.3) is 0 Å². The van der Waals surface area contributed by atoms with Gasteiger partial charge in [0, 0.05) is 29.7 Å². The number of anilines is 1. The average Bonchev–Trinajstić information content (AvgIpc) is 2.42. The van der Waals surface area contributed by atoms with Crippen molar-refractivity contribution in [3.63, 3.8) is 0 Å².